The van der Waals surface area contributed by atoms with Gasteiger partial charge in [-0.15, -0.1) is 0 Å². The van der Waals surface area contributed by atoms with Crippen LogP contribution in [-0.4, -0.2) is 24.1 Å². The molecule has 0 unspecified atom stereocenters. The summed E-state index contributed by atoms with van der Waals surface area (Å²) in [6.07, 6.45) is -1.27. The van der Waals surface area contributed by atoms with Crippen LogP contribution in [0.4, 0.5) is 5.69 Å². The molecule has 0 spiro atoms. The summed E-state index contributed by atoms with van der Waals surface area (Å²) in [7, 11) is 0. The van der Waals surface area contributed by atoms with Crippen molar-refractivity contribution in [2.75, 3.05) is 5.32 Å². The number of rotatable bonds is 7. The van der Waals surface area contributed by atoms with Gasteiger partial charge in [0, 0.05) is 4.47 Å². The summed E-state index contributed by atoms with van der Waals surface area (Å²) in [6, 6.07) is 14.6. The molecule has 0 heterocycles. The second-order valence-electron chi connectivity index (χ2n) is 5.88. The molecule has 0 aliphatic carbocycles. The highest BCUT2D eigenvalue weighted by Crippen LogP contribution is 2.23. The fourth-order valence-electron chi connectivity index (χ4n) is 2.22. The minimum absolute atomic E-state index is 0.405. The van der Waals surface area contributed by atoms with Gasteiger partial charge in [0.1, 0.15) is 5.75 Å². The highest BCUT2D eigenvalue weighted by molar-refractivity contribution is 9.10. The minimum Gasteiger partial charge on any atom is -0.479 e. The predicted octanol–water partition coefficient (Wildman–Crippen LogP) is 4.49. The number of ether oxygens (including phenoxy) is 2. The van der Waals surface area contributed by atoms with Crippen LogP contribution in [0.1, 0.15) is 25.8 Å². The first-order chi connectivity index (χ1) is 12.4. The molecule has 1 amide bonds. The molecule has 0 saturated carbocycles. The Labute approximate surface area is 161 Å². The van der Waals surface area contributed by atoms with Crippen LogP contribution >= 0.6 is 15.9 Å². The molecule has 138 valence electrons. The van der Waals surface area contributed by atoms with E-state index in [-0.39, 0.29) is 0 Å². The van der Waals surface area contributed by atoms with Crippen molar-refractivity contribution >= 4 is 33.5 Å². The van der Waals surface area contributed by atoms with Gasteiger partial charge in [-0.2, -0.15) is 0 Å². The normalized spacial score (nSPS) is 12.8. The van der Waals surface area contributed by atoms with Crippen molar-refractivity contribution in [1.82, 2.24) is 0 Å². The summed E-state index contributed by atoms with van der Waals surface area (Å²) in [6.45, 7) is 5.31. The molecule has 2 rings (SSSR count). The molecule has 0 radical (unpaired) electrons. The third-order valence-electron chi connectivity index (χ3n) is 3.70. The first-order valence-corrected chi connectivity index (χ1v) is 9.19. The Kier molecular flexibility index (Phi) is 7.21. The Bertz CT molecular complexity index is 764. The Morgan fingerprint density at radius 3 is 2.46 bits per heavy atom. The molecule has 0 aromatic heterocycles. The lowest BCUT2D eigenvalue weighted by molar-refractivity contribution is -0.160. The number of carbonyl (C=O) groups is 2. The molecule has 26 heavy (non-hydrogen) atoms. The van der Waals surface area contributed by atoms with Gasteiger partial charge < -0.3 is 14.8 Å². The van der Waals surface area contributed by atoms with Gasteiger partial charge in [-0.1, -0.05) is 31.2 Å². The Morgan fingerprint density at radius 1 is 1.15 bits per heavy atom. The van der Waals surface area contributed by atoms with Crippen LogP contribution in [0.25, 0.3) is 0 Å². The van der Waals surface area contributed by atoms with E-state index >= 15 is 0 Å². The number of hydrogen-bond acceptors (Lipinski definition) is 4. The highest BCUT2D eigenvalue weighted by Gasteiger charge is 2.25. The van der Waals surface area contributed by atoms with Crippen LogP contribution in [0.15, 0.2) is 53.0 Å². The van der Waals surface area contributed by atoms with Gasteiger partial charge in [0.05, 0.1) is 5.69 Å². The molecule has 6 heteroatoms. The third kappa shape index (κ3) is 5.59. The first kappa shape index (κ1) is 20.0. The number of hydrogen-bond donors (Lipinski definition) is 1. The van der Waals surface area contributed by atoms with E-state index in [1.165, 1.54) is 6.92 Å². The van der Waals surface area contributed by atoms with Crippen molar-refractivity contribution in [2.24, 2.45) is 0 Å². The lowest BCUT2D eigenvalue weighted by Gasteiger charge is -2.19. The average Bonchev–Trinajstić information content (AvgIpc) is 2.62. The topological polar surface area (TPSA) is 64.6 Å². The van der Waals surface area contributed by atoms with Gasteiger partial charge in [-0.25, -0.2) is 4.79 Å². The monoisotopic (exact) mass is 419 g/mol. The van der Waals surface area contributed by atoms with Crippen molar-refractivity contribution in [3.63, 3.8) is 0 Å². The number of aryl methyl sites for hydroxylation is 1. The molecule has 0 aliphatic rings. The number of halogens is 1. The van der Waals surface area contributed by atoms with E-state index in [1.807, 2.05) is 44.2 Å². The number of benzene rings is 2. The summed E-state index contributed by atoms with van der Waals surface area (Å²) in [5, 5.41) is 2.75. The highest BCUT2D eigenvalue weighted by atomic mass is 79.9. The van der Waals surface area contributed by atoms with Crippen molar-refractivity contribution < 1.29 is 19.1 Å². The summed E-state index contributed by atoms with van der Waals surface area (Å²) in [5.74, 6) is -0.392. The van der Waals surface area contributed by atoms with Crippen molar-refractivity contribution in [1.29, 1.82) is 0 Å². The zero-order chi connectivity index (χ0) is 19.1. The maximum atomic E-state index is 12.3. The van der Waals surface area contributed by atoms with Gasteiger partial charge in [-0.3, -0.25) is 4.79 Å². The molecular weight excluding hydrogens is 398 g/mol. The number of nitrogens with one attached hydrogen (secondary N) is 1. The molecule has 2 atom stereocenters. The lowest BCUT2D eigenvalue weighted by Crippen LogP contribution is -2.36. The molecule has 2 aromatic carbocycles. The van der Waals surface area contributed by atoms with Crippen LogP contribution in [0.3, 0.4) is 0 Å². The summed E-state index contributed by atoms with van der Waals surface area (Å²) in [5.41, 5.74) is 1.69. The van der Waals surface area contributed by atoms with Crippen molar-refractivity contribution in [2.45, 2.75) is 39.4 Å². The van der Waals surface area contributed by atoms with E-state index in [1.54, 1.807) is 18.2 Å². The van der Waals surface area contributed by atoms with Crippen LogP contribution in [0.5, 0.6) is 5.75 Å². The standard InChI is InChI=1S/C20H22BrNO4/c1-4-18(26-15-8-6-5-7-9-15)20(24)25-14(3)19(23)22-17-11-10-13(2)12-16(17)21/h5-12,14,18H,4H2,1-3H3,(H,22,23)/t14-,18-/m1/s1. The van der Waals surface area contributed by atoms with Crippen LogP contribution in [-0.2, 0) is 14.3 Å². The van der Waals surface area contributed by atoms with E-state index in [0.717, 1.165) is 10.0 Å². The third-order valence-corrected chi connectivity index (χ3v) is 4.36. The Hall–Kier alpha value is -2.34. The van der Waals surface area contributed by atoms with E-state index < -0.39 is 24.1 Å². The minimum atomic E-state index is -0.941. The summed E-state index contributed by atoms with van der Waals surface area (Å²) >= 11 is 3.40. The van der Waals surface area contributed by atoms with Crippen LogP contribution in [0.2, 0.25) is 0 Å². The number of para-hydroxylation sites is 1. The molecular formula is C20H22BrNO4. The van der Waals surface area contributed by atoms with E-state index in [9.17, 15) is 9.59 Å². The molecule has 0 fully saturated rings. The number of amides is 1. The fourth-order valence-corrected chi connectivity index (χ4v) is 2.81. The maximum absolute atomic E-state index is 12.3. The zero-order valence-electron chi connectivity index (χ0n) is 15.0. The Balaban J connectivity index is 1.94. The van der Waals surface area contributed by atoms with Gasteiger partial charge in [0.25, 0.3) is 5.91 Å². The molecule has 5 nitrogen and oxygen atoms in total. The second-order valence-corrected chi connectivity index (χ2v) is 6.73. The van der Waals surface area contributed by atoms with Crippen molar-refractivity contribution in [3.8, 4) is 5.75 Å². The molecule has 0 saturated heterocycles. The van der Waals surface area contributed by atoms with Crippen LogP contribution < -0.4 is 10.1 Å². The number of carbonyl (C=O) groups excluding carboxylic acids is 2. The fraction of sp³-hybridized carbons (Fsp3) is 0.300. The Morgan fingerprint density at radius 2 is 1.85 bits per heavy atom. The lowest BCUT2D eigenvalue weighted by atomic mass is 10.2. The van der Waals surface area contributed by atoms with Gasteiger partial charge >= 0.3 is 5.97 Å². The van der Waals surface area contributed by atoms with E-state index in [2.05, 4.69) is 21.2 Å². The number of esters is 1. The van der Waals surface area contributed by atoms with E-state index in [4.69, 9.17) is 9.47 Å². The van der Waals surface area contributed by atoms with Crippen molar-refractivity contribution in [3.05, 3.63) is 58.6 Å². The quantitative estimate of drug-likeness (QED) is 0.671. The smallest absolute Gasteiger partial charge is 0.348 e. The average molecular weight is 420 g/mol. The SMILES string of the molecule is CC[C@@H](Oc1ccccc1)C(=O)O[C@H](C)C(=O)Nc1ccc(C)cc1Br. The first-order valence-electron chi connectivity index (χ1n) is 8.40. The molecule has 0 aliphatic heterocycles. The summed E-state index contributed by atoms with van der Waals surface area (Å²) in [4.78, 5) is 24.6. The molecule has 0 bridgehead atoms. The maximum Gasteiger partial charge on any atom is 0.348 e. The number of anilines is 1. The van der Waals surface area contributed by atoms with E-state index in [0.29, 0.717) is 17.9 Å². The van der Waals surface area contributed by atoms with Gasteiger partial charge in [-0.05, 0) is 66.0 Å². The predicted molar refractivity (Wildman–Crippen MR) is 104 cm³/mol. The largest absolute Gasteiger partial charge is 0.479 e. The zero-order valence-corrected chi connectivity index (χ0v) is 16.6. The van der Waals surface area contributed by atoms with Crippen LogP contribution in [0, 0.1) is 6.92 Å². The molecule has 2 aromatic rings. The second kappa shape index (κ2) is 9.38. The van der Waals surface area contributed by atoms with Gasteiger partial charge in [0.2, 0.25) is 0 Å². The van der Waals surface area contributed by atoms with Gasteiger partial charge in [0.15, 0.2) is 12.2 Å². The molecule has 1 N–H and O–H groups in total. The summed E-state index contributed by atoms with van der Waals surface area (Å²) < 4.78 is 11.7.